The van der Waals surface area contributed by atoms with Crippen molar-refractivity contribution in [2.75, 3.05) is 13.1 Å². The van der Waals surface area contributed by atoms with Crippen molar-refractivity contribution in [1.29, 1.82) is 0 Å². The molecule has 2 heterocycles. The first kappa shape index (κ1) is 26.4. The van der Waals surface area contributed by atoms with Crippen LogP contribution in [0, 0.1) is 17.7 Å². The zero-order valence-corrected chi connectivity index (χ0v) is 23.1. The molecule has 0 bridgehead atoms. The summed E-state index contributed by atoms with van der Waals surface area (Å²) in [6.07, 6.45) is 9.73. The summed E-state index contributed by atoms with van der Waals surface area (Å²) in [5, 5.41) is 7.74. The van der Waals surface area contributed by atoms with Crippen molar-refractivity contribution in [2.24, 2.45) is 11.8 Å². The number of benzene rings is 2. The van der Waals surface area contributed by atoms with Crippen LogP contribution in [0.1, 0.15) is 61.8 Å². The van der Waals surface area contributed by atoms with Crippen LogP contribution in [0.3, 0.4) is 0 Å². The van der Waals surface area contributed by atoms with E-state index >= 15 is 0 Å². The molecule has 1 aromatic heterocycles. The molecule has 0 spiro atoms. The molecule has 2 aromatic carbocycles. The van der Waals surface area contributed by atoms with E-state index in [1.807, 2.05) is 11.1 Å². The summed E-state index contributed by atoms with van der Waals surface area (Å²) in [5.74, 6) is 1.29. The van der Waals surface area contributed by atoms with Crippen LogP contribution < -0.4 is 10.2 Å². The molecule has 1 saturated heterocycles. The van der Waals surface area contributed by atoms with E-state index < -0.39 is 6.09 Å². The van der Waals surface area contributed by atoms with Gasteiger partial charge in [-0.15, -0.1) is 5.10 Å². The number of ether oxygens (including phenoxy) is 1. The Morgan fingerprint density at radius 1 is 1.00 bits per heavy atom. The van der Waals surface area contributed by atoms with Gasteiger partial charge in [0.15, 0.2) is 0 Å². The fourth-order valence-corrected chi connectivity index (χ4v) is 6.76. The predicted molar refractivity (Wildman–Crippen MR) is 152 cm³/mol. The normalized spacial score (nSPS) is 22.3. The monoisotopic (exact) mass is 568 g/mol. The molecule has 1 aliphatic heterocycles. The molecular weight excluding hydrogens is 538 g/mol. The molecule has 6 rings (SSSR count). The molecule has 39 heavy (non-hydrogen) atoms. The third-order valence-electron chi connectivity index (χ3n) is 8.14. The fourth-order valence-electron chi connectivity index (χ4n) is 6.27. The van der Waals surface area contributed by atoms with E-state index in [1.165, 1.54) is 31.4 Å². The second kappa shape index (κ2) is 11.3. The molecule has 0 radical (unpaired) electrons. The van der Waals surface area contributed by atoms with Gasteiger partial charge in [0.25, 0.3) is 0 Å². The van der Waals surface area contributed by atoms with E-state index in [-0.39, 0.29) is 11.7 Å². The number of hydrogen-bond acceptors (Lipinski definition) is 4. The Morgan fingerprint density at radius 3 is 2.49 bits per heavy atom. The molecular formula is C30H31Cl2FN4O2. The lowest BCUT2D eigenvalue weighted by Crippen LogP contribution is -2.42. The minimum Gasteiger partial charge on any atom is -0.388 e. The molecule has 6 nitrogen and oxygen atoms in total. The highest BCUT2D eigenvalue weighted by molar-refractivity contribution is 6.35. The van der Waals surface area contributed by atoms with Crippen LogP contribution >= 0.6 is 23.2 Å². The first-order chi connectivity index (χ1) is 18.9. The first-order valence-electron chi connectivity index (χ1n) is 13.7. The Morgan fingerprint density at radius 2 is 1.74 bits per heavy atom. The Labute approximate surface area is 237 Å². The van der Waals surface area contributed by atoms with E-state index in [4.69, 9.17) is 33.0 Å². The van der Waals surface area contributed by atoms with Crippen molar-refractivity contribution < 1.29 is 13.9 Å². The number of allylic oxidation sites excluding steroid dienone is 1. The molecule has 1 N–H and O–H groups in total. The summed E-state index contributed by atoms with van der Waals surface area (Å²) in [6.45, 7) is 1.72. The highest BCUT2D eigenvalue weighted by Gasteiger charge is 2.37. The Bertz CT molecular complexity index is 1390. The lowest BCUT2D eigenvalue weighted by molar-refractivity contribution is 0.152. The number of rotatable bonds is 4. The standard InChI is InChI=1S/C30H31Cl2FN4O2/c31-23-11-14-27(26(32)16-23)37-28-20(15-19-9-12-24(33)13-10-19)5-2-1-3-8-25(28)29(34-37)39-30(38)35-36-17-21-6-4-7-22(21)18-36/h9-16,21-22H,1-8,17-18H2,(H,35,38)/b20-15+. The number of hydrazine groups is 1. The molecule has 1 saturated carbocycles. The molecule has 3 aromatic rings. The van der Waals surface area contributed by atoms with Crippen molar-refractivity contribution >= 4 is 40.9 Å². The predicted octanol–water partition coefficient (Wildman–Crippen LogP) is 7.71. The number of nitrogens with one attached hydrogen (secondary N) is 1. The summed E-state index contributed by atoms with van der Waals surface area (Å²) < 4.78 is 21.3. The number of nitrogens with zero attached hydrogens (tertiary/aromatic N) is 3. The van der Waals surface area contributed by atoms with Crippen LogP contribution in [0.4, 0.5) is 9.18 Å². The zero-order chi connectivity index (χ0) is 26.9. The van der Waals surface area contributed by atoms with Crippen molar-refractivity contribution in [3.8, 4) is 11.6 Å². The van der Waals surface area contributed by atoms with Crippen LogP contribution in [0.2, 0.25) is 10.0 Å². The van der Waals surface area contributed by atoms with Crippen molar-refractivity contribution in [1.82, 2.24) is 20.2 Å². The van der Waals surface area contributed by atoms with E-state index in [1.54, 1.807) is 28.9 Å². The van der Waals surface area contributed by atoms with Crippen LogP contribution in [0.25, 0.3) is 17.3 Å². The number of halogens is 3. The van der Waals surface area contributed by atoms with Crippen LogP contribution in [-0.4, -0.2) is 34.0 Å². The third kappa shape index (κ3) is 5.72. The van der Waals surface area contributed by atoms with E-state index in [9.17, 15) is 9.18 Å². The maximum atomic E-state index is 13.6. The average Bonchev–Trinajstić information content (AvgIpc) is 3.56. The van der Waals surface area contributed by atoms with E-state index in [2.05, 4.69) is 11.5 Å². The molecule has 9 heteroatoms. The number of amides is 1. The number of carbonyl (C=O) groups is 1. The number of fused-ring (bicyclic) bond motifs is 2. The minimum absolute atomic E-state index is 0.278. The Hall–Kier alpha value is -2.87. The highest BCUT2D eigenvalue weighted by atomic mass is 35.5. The lowest BCUT2D eigenvalue weighted by Gasteiger charge is -2.18. The van der Waals surface area contributed by atoms with Gasteiger partial charge in [0.1, 0.15) is 5.82 Å². The Balaban J connectivity index is 1.38. The van der Waals surface area contributed by atoms with Gasteiger partial charge in [-0.2, -0.15) is 0 Å². The molecule has 3 aliphatic rings. The van der Waals surface area contributed by atoms with Crippen molar-refractivity contribution in [3.05, 3.63) is 75.1 Å². The van der Waals surface area contributed by atoms with Gasteiger partial charge in [0.2, 0.25) is 5.88 Å². The van der Waals surface area contributed by atoms with E-state index in [0.29, 0.717) is 34.0 Å². The largest absolute Gasteiger partial charge is 0.428 e. The van der Waals surface area contributed by atoms with Crippen LogP contribution in [0.15, 0.2) is 42.5 Å². The molecule has 204 valence electrons. The third-order valence-corrected chi connectivity index (χ3v) is 8.68. The van der Waals surface area contributed by atoms with E-state index in [0.717, 1.165) is 61.2 Å². The zero-order valence-electron chi connectivity index (χ0n) is 21.6. The van der Waals surface area contributed by atoms with Gasteiger partial charge in [-0.3, -0.25) is 5.43 Å². The van der Waals surface area contributed by atoms with Gasteiger partial charge in [-0.1, -0.05) is 48.2 Å². The SMILES string of the molecule is O=C(NN1CC2CCCC2C1)Oc1nn(-c2ccc(Cl)cc2Cl)c2c1CCCCC/C2=C\c1ccc(F)cc1. The summed E-state index contributed by atoms with van der Waals surface area (Å²) in [7, 11) is 0. The van der Waals surface area contributed by atoms with Gasteiger partial charge in [-0.05, 0) is 97.9 Å². The molecule has 2 unspecified atom stereocenters. The highest BCUT2D eigenvalue weighted by Crippen LogP contribution is 2.39. The summed E-state index contributed by atoms with van der Waals surface area (Å²) in [5.41, 5.74) is 7.21. The maximum absolute atomic E-state index is 13.6. The quantitative estimate of drug-likeness (QED) is 0.350. The van der Waals surface area contributed by atoms with Gasteiger partial charge >= 0.3 is 6.09 Å². The number of hydrogen-bond donors (Lipinski definition) is 1. The summed E-state index contributed by atoms with van der Waals surface area (Å²) in [6, 6.07) is 11.7. The van der Waals surface area contributed by atoms with Crippen LogP contribution in [-0.2, 0) is 6.42 Å². The Kier molecular flexibility index (Phi) is 7.65. The van der Waals surface area contributed by atoms with Gasteiger partial charge in [-0.25, -0.2) is 18.9 Å². The summed E-state index contributed by atoms with van der Waals surface area (Å²) in [4.78, 5) is 13.1. The van der Waals surface area contributed by atoms with Gasteiger partial charge in [0, 0.05) is 23.7 Å². The fraction of sp³-hybridized carbons (Fsp3) is 0.400. The van der Waals surface area contributed by atoms with Crippen molar-refractivity contribution in [3.63, 3.8) is 0 Å². The number of carbonyl (C=O) groups excluding carboxylic acids is 1. The molecule has 2 fully saturated rings. The minimum atomic E-state index is -0.532. The second-order valence-corrected chi connectivity index (χ2v) is 11.6. The molecule has 2 atom stereocenters. The lowest BCUT2D eigenvalue weighted by atomic mass is 9.92. The first-order valence-corrected chi connectivity index (χ1v) is 14.5. The average molecular weight is 570 g/mol. The maximum Gasteiger partial charge on any atom is 0.428 e. The topological polar surface area (TPSA) is 59.4 Å². The smallest absolute Gasteiger partial charge is 0.388 e. The molecule has 1 amide bonds. The van der Waals surface area contributed by atoms with Crippen molar-refractivity contribution in [2.45, 2.75) is 51.4 Å². The summed E-state index contributed by atoms with van der Waals surface area (Å²) >= 11 is 12.8. The van der Waals surface area contributed by atoms with Crippen LogP contribution in [0.5, 0.6) is 5.88 Å². The number of aromatic nitrogens is 2. The second-order valence-electron chi connectivity index (χ2n) is 10.8. The van der Waals surface area contributed by atoms with Gasteiger partial charge in [0.05, 0.1) is 16.4 Å². The van der Waals surface area contributed by atoms with Gasteiger partial charge < -0.3 is 4.74 Å². The molecule has 2 aliphatic carbocycles.